The van der Waals surface area contributed by atoms with E-state index in [1.165, 1.54) is 12.1 Å². The number of ether oxygens (including phenoxy) is 1. The van der Waals surface area contributed by atoms with Gasteiger partial charge >= 0.3 is 0 Å². The number of benzene rings is 1. The van der Waals surface area contributed by atoms with Crippen LogP contribution in [0.4, 0.5) is 20.4 Å². The summed E-state index contributed by atoms with van der Waals surface area (Å²) in [5, 5.41) is 13.3. The molecule has 1 aliphatic heterocycles. The minimum absolute atomic E-state index is 0.0533. The predicted molar refractivity (Wildman–Crippen MR) is 125 cm³/mol. The van der Waals surface area contributed by atoms with Gasteiger partial charge in [0.05, 0.1) is 18.5 Å². The molecule has 34 heavy (non-hydrogen) atoms. The van der Waals surface area contributed by atoms with Crippen LogP contribution in [0, 0.1) is 18.6 Å². The van der Waals surface area contributed by atoms with Gasteiger partial charge in [0, 0.05) is 56.1 Å². The van der Waals surface area contributed by atoms with Gasteiger partial charge in [0.2, 0.25) is 11.8 Å². The average molecular weight is 472 g/mol. The van der Waals surface area contributed by atoms with E-state index in [0.717, 1.165) is 37.0 Å². The first-order valence-electron chi connectivity index (χ1n) is 11.0. The SMILES string of the molecule is Cc1c(/C=C/CN2CCN(c3cc(F)cc(F)c3)CC2)cnn1-c1cc(OCCO)nc(N)n1. The predicted octanol–water partition coefficient (Wildman–Crippen LogP) is 2.04. The number of nitrogen functional groups attached to an aromatic ring is 1. The Morgan fingerprint density at radius 3 is 2.53 bits per heavy atom. The molecule has 0 spiro atoms. The summed E-state index contributed by atoms with van der Waals surface area (Å²) in [5.74, 6) is -0.326. The molecule has 0 radical (unpaired) electrons. The molecule has 1 aromatic carbocycles. The fourth-order valence-electron chi connectivity index (χ4n) is 3.82. The number of hydrogen-bond acceptors (Lipinski definition) is 8. The van der Waals surface area contributed by atoms with E-state index in [4.69, 9.17) is 15.6 Å². The van der Waals surface area contributed by atoms with E-state index in [9.17, 15) is 8.78 Å². The van der Waals surface area contributed by atoms with E-state index in [-0.39, 0.29) is 25.0 Å². The number of anilines is 2. The summed E-state index contributed by atoms with van der Waals surface area (Å²) in [6.07, 6.45) is 5.81. The number of nitrogens with two attached hydrogens (primary N) is 1. The Morgan fingerprint density at radius 1 is 1.09 bits per heavy atom. The molecular weight excluding hydrogens is 444 g/mol. The zero-order valence-electron chi connectivity index (χ0n) is 18.9. The van der Waals surface area contributed by atoms with E-state index < -0.39 is 11.6 Å². The number of aliphatic hydroxyl groups is 1. The van der Waals surface area contributed by atoms with Crippen LogP contribution in [0.2, 0.25) is 0 Å². The molecule has 2 aromatic heterocycles. The zero-order chi connectivity index (χ0) is 24.1. The monoisotopic (exact) mass is 471 g/mol. The van der Waals surface area contributed by atoms with Crippen molar-refractivity contribution < 1.29 is 18.6 Å². The van der Waals surface area contributed by atoms with Crippen LogP contribution in [0.3, 0.4) is 0 Å². The molecule has 9 nitrogen and oxygen atoms in total. The van der Waals surface area contributed by atoms with Crippen LogP contribution in [0.15, 0.2) is 36.5 Å². The smallest absolute Gasteiger partial charge is 0.225 e. The van der Waals surface area contributed by atoms with Crippen molar-refractivity contribution in [1.82, 2.24) is 24.6 Å². The van der Waals surface area contributed by atoms with Crippen molar-refractivity contribution in [3.8, 4) is 11.7 Å². The van der Waals surface area contributed by atoms with Crippen LogP contribution in [0.5, 0.6) is 5.88 Å². The van der Waals surface area contributed by atoms with E-state index in [1.54, 1.807) is 16.9 Å². The van der Waals surface area contributed by atoms with Crippen molar-refractivity contribution in [3.63, 3.8) is 0 Å². The van der Waals surface area contributed by atoms with Crippen molar-refractivity contribution in [1.29, 1.82) is 0 Å². The molecule has 1 saturated heterocycles. The largest absolute Gasteiger partial charge is 0.475 e. The molecule has 3 N–H and O–H groups in total. The van der Waals surface area contributed by atoms with Gasteiger partial charge in [-0.2, -0.15) is 15.1 Å². The molecule has 0 aliphatic carbocycles. The lowest BCUT2D eigenvalue weighted by atomic mass is 10.2. The molecule has 11 heteroatoms. The summed E-state index contributed by atoms with van der Waals surface area (Å²) in [4.78, 5) is 12.5. The summed E-state index contributed by atoms with van der Waals surface area (Å²) in [6, 6.07) is 5.24. The van der Waals surface area contributed by atoms with Crippen LogP contribution in [-0.2, 0) is 0 Å². The Hall–Kier alpha value is -3.57. The first-order valence-corrected chi connectivity index (χ1v) is 11.0. The topological polar surface area (TPSA) is 106 Å². The number of nitrogens with zero attached hydrogens (tertiary/aromatic N) is 6. The van der Waals surface area contributed by atoms with E-state index in [1.807, 2.05) is 17.9 Å². The van der Waals surface area contributed by atoms with Gasteiger partial charge in [0.1, 0.15) is 18.2 Å². The minimum atomic E-state index is -0.560. The van der Waals surface area contributed by atoms with Crippen molar-refractivity contribution in [3.05, 3.63) is 59.4 Å². The Bertz CT molecular complexity index is 1140. The first kappa shape index (κ1) is 23.6. The lowest BCUT2D eigenvalue weighted by molar-refractivity contribution is 0.196. The Labute approximate surface area is 196 Å². The van der Waals surface area contributed by atoms with E-state index in [2.05, 4.69) is 26.0 Å². The van der Waals surface area contributed by atoms with Crippen molar-refractivity contribution in [2.75, 3.05) is 56.6 Å². The lowest BCUT2D eigenvalue weighted by Gasteiger charge is -2.35. The second kappa shape index (κ2) is 10.6. The number of aromatic nitrogens is 4. The molecule has 4 rings (SSSR count). The third-order valence-electron chi connectivity index (χ3n) is 5.56. The highest BCUT2D eigenvalue weighted by Gasteiger charge is 2.17. The highest BCUT2D eigenvalue weighted by molar-refractivity contribution is 5.52. The third kappa shape index (κ3) is 5.67. The maximum absolute atomic E-state index is 13.5. The summed E-state index contributed by atoms with van der Waals surface area (Å²) in [5.41, 5.74) is 8.17. The fraction of sp³-hybridized carbons (Fsp3) is 0.348. The molecule has 0 amide bonds. The van der Waals surface area contributed by atoms with Gasteiger partial charge in [-0.3, -0.25) is 4.90 Å². The van der Waals surface area contributed by atoms with E-state index >= 15 is 0 Å². The van der Waals surface area contributed by atoms with Gasteiger partial charge in [0.25, 0.3) is 0 Å². The third-order valence-corrected chi connectivity index (χ3v) is 5.56. The minimum Gasteiger partial charge on any atom is -0.475 e. The van der Waals surface area contributed by atoms with Crippen LogP contribution in [-0.4, -0.2) is 75.7 Å². The Balaban J connectivity index is 1.35. The molecular formula is C23H27F2N7O2. The fourth-order valence-corrected chi connectivity index (χ4v) is 3.82. The van der Waals surface area contributed by atoms with Crippen LogP contribution >= 0.6 is 0 Å². The Kier molecular flexibility index (Phi) is 7.33. The number of piperazine rings is 1. The zero-order valence-corrected chi connectivity index (χ0v) is 18.9. The molecule has 3 aromatic rings. The highest BCUT2D eigenvalue weighted by Crippen LogP contribution is 2.20. The lowest BCUT2D eigenvalue weighted by Crippen LogP contribution is -2.46. The van der Waals surface area contributed by atoms with Crippen molar-refractivity contribution in [2.24, 2.45) is 0 Å². The Morgan fingerprint density at radius 2 is 1.82 bits per heavy atom. The molecule has 3 heterocycles. The number of halogens is 2. The molecule has 1 aliphatic rings. The second-order valence-electron chi connectivity index (χ2n) is 7.91. The summed E-state index contributed by atoms with van der Waals surface area (Å²) < 4.78 is 34.0. The van der Waals surface area contributed by atoms with Gasteiger partial charge in [-0.15, -0.1) is 0 Å². The van der Waals surface area contributed by atoms with Crippen molar-refractivity contribution in [2.45, 2.75) is 6.92 Å². The van der Waals surface area contributed by atoms with Crippen molar-refractivity contribution >= 4 is 17.7 Å². The molecule has 1 fully saturated rings. The van der Waals surface area contributed by atoms with Gasteiger partial charge < -0.3 is 20.5 Å². The maximum atomic E-state index is 13.5. The van der Waals surface area contributed by atoms with Gasteiger partial charge in [-0.1, -0.05) is 12.2 Å². The standard InChI is InChI=1S/C23H27F2N7O2/c1-16-17(15-27-32(16)21-14-22(34-10-9-33)29-23(26)28-21)3-2-4-30-5-7-31(8-6-30)20-12-18(24)11-19(25)13-20/h2-3,11-15,33H,4-10H2,1H3,(H2,26,28,29)/b3-2+. The van der Waals surface area contributed by atoms with E-state index in [0.29, 0.717) is 24.6 Å². The first-order chi connectivity index (χ1) is 16.4. The highest BCUT2D eigenvalue weighted by atomic mass is 19.1. The van der Waals surface area contributed by atoms with Gasteiger partial charge in [-0.25, -0.2) is 13.5 Å². The van der Waals surface area contributed by atoms with Crippen LogP contribution < -0.4 is 15.4 Å². The second-order valence-corrected chi connectivity index (χ2v) is 7.91. The molecule has 180 valence electrons. The molecule has 0 saturated carbocycles. The normalized spacial score (nSPS) is 14.8. The van der Waals surface area contributed by atoms with Crippen LogP contribution in [0.1, 0.15) is 11.3 Å². The number of rotatable bonds is 8. The van der Waals surface area contributed by atoms with Crippen LogP contribution in [0.25, 0.3) is 11.9 Å². The van der Waals surface area contributed by atoms with Gasteiger partial charge in [0.15, 0.2) is 5.82 Å². The quantitative estimate of drug-likeness (QED) is 0.514. The molecule has 0 bridgehead atoms. The summed E-state index contributed by atoms with van der Waals surface area (Å²) in [7, 11) is 0. The maximum Gasteiger partial charge on any atom is 0.225 e. The summed E-state index contributed by atoms with van der Waals surface area (Å²) >= 11 is 0. The van der Waals surface area contributed by atoms with Gasteiger partial charge in [-0.05, 0) is 19.1 Å². The number of hydrogen-bond donors (Lipinski definition) is 2. The molecule has 0 atom stereocenters. The molecule has 0 unspecified atom stereocenters. The summed E-state index contributed by atoms with van der Waals surface area (Å²) in [6.45, 7) is 5.62. The average Bonchev–Trinajstić information content (AvgIpc) is 3.17. The number of aliphatic hydroxyl groups excluding tert-OH is 1.